The van der Waals surface area contributed by atoms with Gasteiger partial charge in [0.15, 0.2) is 0 Å². The van der Waals surface area contributed by atoms with Crippen LogP contribution in [0.5, 0.6) is 0 Å². The Labute approximate surface area is 86.7 Å². The molecule has 1 fully saturated rings. The first-order valence-electron chi connectivity index (χ1n) is 4.90. The highest BCUT2D eigenvalue weighted by atomic mass is 19.4. The molecule has 1 heterocycles. The summed E-state index contributed by atoms with van der Waals surface area (Å²) in [5.74, 6) is 0. The molecular weight excluding hydrogens is 211 g/mol. The molecule has 1 aliphatic heterocycles. The fraction of sp³-hybridized carbons (Fsp3) is 1.00. The van der Waals surface area contributed by atoms with Gasteiger partial charge >= 0.3 is 6.18 Å². The molecule has 90 valence electrons. The molecule has 0 bridgehead atoms. The van der Waals surface area contributed by atoms with Gasteiger partial charge in [-0.1, -0.05) is 0 Å². The van der Waals surface area contributed by atoms with E-state index in [1.54, 1.807) is 0 Å². The van der Waals surface area contributed by atoms with Crippen LogP contribution in [0.25, 0.3) is 0 Å². The summed E-state index contributed by atoms with van der Waals surface area (Å²) in [6.07, 6.45) is -2.68. The molecule has 0 aromatic rings. The predicted molar refractivity (Wildman–Crippen MR) is 48.4 cm³/mol. The lowest BCUT2D eigenvalue weighted by Gasteiger charge is -2.35. The second-order valence-electron chi connectivity index (χ2n) is 3.97. The largest absolute Gasteiger partial charge is 0.411 e. The van der Waals surface area contributed by atoms with Crippen LogP contribution in [-0.4, -0.2) is 39.1 Å². The van der Waals surface area contributed by atoms with Gasteiger partial charge < -0.3 is 15.2 Å². The van der Waals surface area contributed by atoms with Crippen LogP contribution in [0.3, 0.4) is 0 Å². The average Bonchev–Trinajstić information content (AvgIpc) is 2.17. The molecule has 0 aliphatic carbocycles. The minimum atomic E-state index is -4.27. The Bertz CT molecular complexity index is 190. The number of nitrogens with two attached hydrogens (primary N) is 1. The van der Waals surface area contributed by atoms with Crippen molar-refractivity contribution in [2.75, 3.05) is 33.0 Å². The van der Waals surface area contributed by atoms with E-state index in [-0.39, 0.29) is 6.61 Å². The van der Waals surface area contributed by atoms with Gasteiger partial charge in [0.05, 0.1) is 13.2 Å². The Morgan fingerprint density at radius 1 is 1.40 bits per heavy atom. The van der Waals surface area contributed by atoms with E-state index in [2.05, 4.69) is 4.74 Å². The monoisotopic (exact) mass is 227 g/mol. The number of hydrogen-bond acceptors (Lipinski definition) is 3. The van der Waals surface area contributed by atoms with Crippen molar-refractivity contribution in [3.05, 3.63) is 0 Å². The molecule has 15 heavy (non-hydrogen) atoms. The van der Waals surface area contributed by atoms with Gasteiger partial charge in [-0.2, -0.15) is 13.2 Å². The normalized spacial score (nSPS) is 28.0. The lowest BCUT2D eigenvalue weighted by Crippen LogP contribution is -2.43. The molecule has 0 aromatic heterocycles. The first-order chi connectivity index (χ1) is 6.97. The topological polar surface area (TPSA) is 44.5 Å². The van der Waals surface area contributed by atoms with Crippen molar-refractivity contribution in [2.24, 2.45) is 11.1 Å². The predicted octanol–water partition coefficient (Wildman–Crippen LogP) is 1.32. The molecule has 0 spiro atoms. The average molecular weight is 227 g/mol. The van der Waals surface area contributed by atoms with E-state index in [9.17, 15) is 13.2 Å². The van der Waals surface area contributed by atoms with Crippen molar-refractivity contribution >= 4 is 0 Å². The molecule has 1 rings (SSSR count). The minimum Gasteiger partial charge on any atom is -0.381 e. The first kappa shape index (κ1) is 12.7. The Balaban J connectivity index is 2.33. The van der Waals surface area contributed by atoms with Crippen LogP contribution in [-0.2, 0) is 9.47 Å². The zero-order valence-corrected chi connectivity index (χ0v) is 8.48. The van der Waals surface area contributed by atoms with E-state index >= 15 is 0 Å². The van der Waals surface area contributed by atoms with Crippen LogP contribution < -0.4 is 5.73 Å². The van der Waals surface area contributed by atoms with Crippen LogP contribution in [0, 0.1) is 5.41 Å². The smallest absolute Gasteiger partial charge is 0.381 e. The highest BCUT2D eigenvalue weighted by molar-refractivity contribution is 4.82. The summed E-state index contributed by atoms with van der Waals surface area (Å²) < 4.78 is 45.4. The molecule has 0 amide bonds. The van der Waals surface area contributed by atoms with E-state index in [0.717, 1.165) is 12.8 Å². The molecule has 3 nitrogen and oxygen atoms in total. The van der Waals surface area contributed by atoms with Gasteiger partial charge in [-0.15, -0.1) is 0 Å². The highest BCUT2D eigenvalue weighted by Gasteiger charge is 2.34. The number of rotatable bonds is 4. The molecular formula is C9H16F3NO2. The number of halogens is 3. The quantitative estimate of drug-likeness (QED) is 0.787. The SMILES string of the molecule is NCC1(COCC(F)(F)F)CCCOC1. The van der Waals surface area contributed by atoms with Crippen LogP contribution in [0.1, 0.15) is 12.8 Å². The Morgan fingerprint density at radius 2 is 2.13 bits per heavy atom. The maximum absolute atomic E-state index is 11.9. The molecule has 0 aromatic carbocycles. The number of ether oxygens (including phenoxy) is 2. The third kappa shape index (κ3) is 4.36. The fourth-order valence-corrected chi connectivity index (χ4v) is 1.63. The van der Waals surface area contributed by atoms with E-state index in [4.69, 9.17) is 10.5 Å². The number of alkyl halides is 3. The van der Waals surface area contributed by atoms with Crippen molar-refractivity contribution in [1.82, 2.24) is 0 Å². The molecule has 2 N–H and O–H groups in total. The fourth-order valence-electron chi connectivity index (χ4n) is 1.63. The standard InChI is InChI=1S/C9H16F3NO2/c10-9(11,12)7-15-6-8(4-13)2-1-3-14-5-8/h1-7,13H2. The molecule has 0 saturated carbocycles. The molecule has 1 unspecified atom stereocenters. The van der Waals surface area contributed by atoms with Crippen LogP contribution in [0.2, 0.25) is 0 Å². The number of hydrogen-bond donors (Lipinski definition) is 1. The van der Waals surface area contributed by atoms with Crippen molar-refractivity contribution in [3.8, 4) is 0 Å². The van der Waals surface area contributed by atoms with Crippen molar-refractivity contribution in [2.45, 2.75) is 19.0 Å². The molecule has 1 atom stereocenters. The van der Waals surface area contributed by atoms with E-state index in [1.165, 1.54) is 0 Å². The van der Waals surface area contributed by atoms with Gasteiger partial charge in [-0.05, 0) is 12.8 Å². The van der Waals surface area contributed by atoms with Gasteiger partial charge in [0.2, 0.25) is 0 Å². The Morgan fingerprint density at radius 3 is 2.60 bits per heavy atom. The second-order valence-corrected chi connectivity index (χ2v) is 3.97. The zero-order chi connectivity index (χ0) is 11.4. The van der Waals surface area contributed by atoms with E-state index < -0.39 is 18.2 Å². The van der Waals surface area contributed by atoms with Gasteiger partial charge in [0.25, 0.3) is 0 Å². The van der Waals surface area contributed by atoms with Gasteiger partial charge in [-0.3, -0.25) is 0 Å². The maximum atomic E-state index is 11.9. The van der Waals surface area contributed by atoms with Crippen molar-refractivity contribution in [1.29, 1.82) is 0 Å². The first-order valence-corrected chi connectivity index (χ1v) is 4.90. The molecule has 1 saturated heterocycles. The summed E-state index contributed by atoms with van der Waals surface area (Å²) in [6.45, 7) is 0.144. The zero-order valence-electron chi connectivity index (χ0n) is 8.48. The van der Waals surface area contributed by atoms with Gasteiger partial charge in [0, 0.05) is 18.6 Å². The summed E-state index contributed by atoms with van der Waals surface area (Å²) in [4.78, 5) is 0. The van der Waals surface area contributed by atoms with Crippen LogP contribution in [0.15, 0.2) is 0 Å². The molecule has 6 heteroatoms. The van der Waals surface area contributed by atoms with E-state index in [1.807, 2.05) is 0 Å². The lowest BCUT2D eigenvalue weighted by atomic mass is 9.83. The summed E-state index contributed by atoms with van der Waals surface area (Å²) >= 11 is 0. The van der Waals surface area contributed by atoms with Gasteiger partial charge in [0.1, 0.15) is 6.61 Å². The van der Waals surface area contributed by atoms with E-state index in [0.29, 0.717) is 19.8 Å². The van der Waals surface area contributed by atoms with Crippen LogP contribution in [0.4, 0.5) is 13.2 Å². The molecule has 1 aliphatic rings. The summed E-state index contributed by atoms with van der Waals surface area (Å²) in [5, 5.41) is 0. The molecule has 0 radical (unpaired) electrons. The Hall–Kier alpha value is -0.330. The van der Waals surface area contributed by atoms with Crippen molar-refractivity contribution < 1.29 is 22.6 Å². The summed E-state index contributed by atoms with van der Waals surface area (Å²) in [6, 6.07) is 0. The summed E-state index contributed by atoms with van der Waals surface area (Å²) in [5.41, 5.74) is 5.12. The minimum absolute atomic E-state index is 0.0169. The highest BCUT2D eigenvalue weighted by Crippen LogP contribution is 2.28. The Kier molecular flexibility index (Phi) is 4.36. The third-order valence-electron chi connectivity index (χ3n) is 2.51. The van der Waals surface area contributed by atoms with Crippen LogP contribution >= 0.6 is 0 Å². The maximum Gasteiger partial charge on any atom is 0.411 e. The summed E-state index contributed by atoms with van der Waals surface area (Å²) in [7, 11) is 0. The van der Waals surface area contributed by atoms with Gasteiger partial charge in [-0.25, -0.2) is 0 Å². The lowest BCUT2D eigenvalue weighted by molar-refractivity contribution is -0.185. The van der Waals surface area contributed by atoms with Crippen molar-refractivity contribution in [3.63, 3.8) is 0 Å². The third-order valence-corrected chi connectivity index (χ3v) is 2.51. The second kappa shape index (κ2) is 5.14.